The molecule has 2 heteroatoms. The number of carbonyl (C=O) groups is 1. The second kappa shape index (κ2) is 7.13. The van der Waals surface area contributed by atoms with Gasteiger partial charge in [-0.3, -0.25) is 4.79 Å². The van der Waals surface area contributed by atoms with Gasteiger partial charge in [-0.1, -0.05) is 42.8 Å². The first-order valence-electron chi connectivity index (χ1n) is 7.55. The Hall–Kier alpha value is -2.01. The van der Waals surface area contributed by atoms with Crippen molar-refractivity contribution in [3.05, 3.63) is 41.5 Å². The molecule has 1 fully saturated rings. The van der Waals surface area contributed by atoms with Gasteiger partial charge in [-0.2, -0.15) is 0 Å². The van der Waals surface area contributed by atoms with Crippen molar-refractivity contribution in [1.29, 1.82) is 0 Å². The number of hydrogen-bond donors (Lipinski definition) is 0. The maximum atomic E-state index is 11.6. The molecule has 0 aromatic heterocycles. The Morgan fingerprint density at radius 1 is 1.33 bits per heavy atom. The van der Waals surface area contributed by atoms with Gasteiger partial charge < -0.3 is 4.74 Å². The molecule has 0 spiro atoms. The summed E-state index contributed by atoms with van der Waals surface area (Å²) in [5.74, 6) is 2.45. The molecule has 0 amide bonds. The van der Waals surface area contributed by atoms with E-state index in [1.54, 1.807) is 0 Å². The van der Waals surface area contributed by atoms with Crippen LogP contribution in [0.4, 0.5) is 0 Å². The van der Waals surface area contributed by atoms with Crippen LogP contribution in [0, 0.1) is 12.3 Å². The molecule has 0 radical (unpaired) electrons. The van der Waals surface area contributed by atoms with E-state index in [1.165, 1.54) is 6.92 Å². The van der Waals surface area contributed by atoms with Crippen molar-refractivity contribution in [2.45, 2.75) is 51.0 Å². The van der Waals surface area contributed by atoms with Gasteiger partial charge in [0, 0.05) is 6.92 Å². The zero-order valence-electron chi connectivity index (χ0n) is 12.6. The summed E-state index contributed by atoms with van der Waals surface area (Å²) in [5, 5.41) is 0. The van der Waals surface area contributed by atoms with Crippen LogP contribution in [0.25, 0.3) is 6.08 Å². The summed E-state index contributed by atoms with van der Waals surface area (Å²) < 4.78 is 5.73. The molecule has 110 valence electrons. The molecule has 1 aromatic rings. The molecule has 1 atom stereocenters. The van der Waals surface area contributed by atoms with Crippen molar-refractivity contribution in [3.63, 3.8) is 0 Å². The molecule has 0 heterocycles. The molecule has 0 saturated heterocycles. The third-order valence-electron chi connectivity index (χ3n) is 3.98. The highest BCUT2D eigenvalue weighted by Gasteiger charge is 2.37. The number of carbonyl (C=O) groups excluding carboxylic acids is 1. The molecule has 0 bridgehead atoms. The Labute approximate surface area is 127 Å². The third kappa shape index (κ3) is 3.98. The minimum atomic E-state index is -0.618. The highest BCUT2D eigenvalue weighted by Crippen LogP contribution is 2.39. The van der Waals surface area contributed by atoms with Crippen molar-refractivity contribution >= 4 is 12.0 Å². The lowest BCUT2D eigenvalue weighted by atomic mass is 9.84. The highest BCUT2D eigenvalue weighted by molar-refractivity contribution is 5.68. The van der Waals surface area contributed by atoms with Crippen LogP contribution in [-0.4, -0.2) is 11.6 Å². The number of hydrogen-bond acceptors (Lipinski definition) is 2. The van der Waals surface area contributed by atoms with Crippen LogP contribution in [-0.2, 0) is 9.53 Å². The molecule has 1 saturated carbocycles. The van der Waals surface area contributed by atoms with Crippen molar-refractivity contribution in [3.8, 4) is 12.3 Å². The predicted octanol–water partition coefficient (Wildman–Crippen LogP) is 4.36. The number of rotatable bonds is 3. The Morgan fingerprint density at radius 3 is 2.76 bits per heavy atom. The lowest BCUT2D eigenvalue weighted by Crippen LogP contribution is -2.35. The molecular weight excluding hydrogens is 260 g/mol. The van der Waals surface area contributed by atoms with E-state index in [4.69, 9.17) is 11.2 Å². The predicted molar refractivity (Wildman–Crippen MR) is 85.5 cm³/mol. The van der Waals surface area contributed by atoms with Gasteiger partial charge in [0.1, 0.15) is 5.60 Å². The summed E-state index contributed by atoms with van der Waals surface area (Å²) in [7, 11) is 0. The van der Waals surface area contributed by atoms with Gasteiger partial charge >= 0.3 is 5.97 Å². The lowest BCUT2D eigenvalue weighted by Gasteiger charge is -2.33. The van der Waals surface area contributed by atoms with E-state index in [0.717, 1.165) is 43.2 Å². The fourth-order valence-corrected chi connectivity index (χ4v) is 3.04. The van der Waals surface area contributed by atoms with E-state index in [9.17, 15) is 4.79 Å². The first-order valence-corrected chi connectivity index (χ1v) is 7.55. The molecule has 1 unspecified atom stereocenters. The quantitative estimate of drug-likeness (QED) is 0.468. The molecule has 0 aliphatic heterocycles. The van der Waals surface area contributed by atoms with Crippen LogP contribution in [0.5, 0.6) is 0 Å². The van der Waals surface area contributed by atoms with E-state index < -0.39 is 5.60 Å². The van der Waals surface area contributed by atoms with Crippen molar-refractivity contribution in [2.75, 3.05) is 0 Å². The summed E-state index contributed by atoms with van der Waals surface area (Å²) in [4.78, 5) is 11.6. The fraction of sp³-hybridized carbons (Fsp3) is 0.421. The summed E-state index contributed by atoms with van der Waals surface area (Å²) >= 11 is 0. The summed E-state index contributed by atoms with van der Waals surface area (Å²) in [6, 6.07) is 10.1. The van der Waals surface area contributed by atoms with Gasteiger partial charge in [0.25, 0.3) is 0 Å². The van der Waals surface area contributed by atoms with Gasteiger partial charge in [-0.15, -0.1) is 12.3 Å². The van der Waals surface area contributed by atoms with Crippen LogP contribution in [0.1, 0.15) is 51.0 Å². The first-order chi connectivity index (χ1) is 10.2. The first kappa shape index (κ1) is 15.4. The monoisotopic (exact) mass is 282 g/mol. The Bertz CT molecular complexity index is 551. The van der Waals surface area contributed by atoms with Crippen LogP contribution >= 0.6 is 0 Å². The van der Waals surface area contributed by atoms with Crippen LogP contribution in [0.2, 0.25) is 0 Å². The second-order valence-electron chi connectivity index (χ2n) is 5.61. The van der Waals surface area contributed by atoms with E-state index in [0.29, 0.717) is 6.42 Å². The average molecular weight is 282 g/mol. The van der Waals surface area contributed by atoms with Gasteiger partial charge in [0.2, 0.25) is 0 Å². The minimum absolute atomic E-state index is 0.258. The summed E-state index contributed by atoms with van der Waals surface area (Å²) in [6.45, 7) is 1.46. The molecule has 1 aliphatic carbocycles. The smallest absolute Gasteiger partial charge is 0.303 e. The molecule has 0 N–H and O–H groups in total. The van der Waals surface area contributed by atoms with Gasteiger partial charge in [-0.25, -0.2) is 0 Å². The molecule has 1 aromatic carbocycles. The third-order valence-corrected chi connectivity index (χ3v) is 3.98. The van der Waals surface area contributed by atoms with Crippen molar-refractivity contribution < 1.29 is 9.53 Å². The van der Waals surface area contributed by atoms with Crippen LogP contribution in [0.15, 0.2) is 35.9 Å². The molecular formula is C19H22O2. The highest BCUT2D eigenvalue weighted by atomic mass is 16.6. The van der Waals surface area contributed by atoms with Crippen LogP contribution in [0.3, 0.4) is 0 Å². The summed E-state index contributed by atoms with van der Waals surface area (Å²) in [5.41, 5.74) is 1.66. The van der Waals surface area contributed by atoms with E-state index in [2.05, 4.69) is 24.1 Å². The number of esters is 1. The van der Waals surface area contributed by atoms with E-state index in [-0.39, 0.29) is 5.97 Å². The zero-order chi connectivity index (χ0) is 15.1. The molecule has 2 rings (SSSR count). The molecule has 1 aliphatic rings. The Kier molecular flexibility index (Phi) is 5.22. The van der Waals surface area contributed by atoms with Gasteiger partial charge in [0.05, 0.1) is 6.42 Å². The minimum Gasteiger partial charge on any atom is -0.454 e. The Balaban J connectivity index is 2.42. The van der Waals surface area contributed by atoms with E-state index >= 15 is 0 Å². The topological polar surface area (TPSA) is 26.3 Å². The SMILES string of the molecule is C#CCC1(OC(C)=O)CCCCC/C1=C\c1ccccc1. The van der Waals surface area contributed by atoms with Gasteiger partial charge in [-0.05, 0) is 36.8 Å². The van der Waals surface area contributed by atoms with Crippen molar-refractivity contribution in [1.82, 2.24) is 0 Å². The zero-order valence-corrected chi connectivity index (χ0v) is 12.6. The largest absolute Gasteiger partial charge is 0.454 e. The fourth-order valence-electron chi connectivity index (χ4n) is 3.04. The Morgan fingerprint density at radius 2 is 2.10 bits per heavy atom. The van der Waals surface area contributed by atoms with E-state index in [1.807, 2.05) is 18.2 Å². The van der Waals surface area contributed by atoms with Crippen LogP contribution < -0.4 is 0 Å². The average Bonchev–Trinajstić information content (AvgIpc) is 2.63. The standard InChI is InChI=1S/C19H22O2/c1-3-13-19(21-16(2)20)14-9-5-8-12-18(19)15-17-10-6-4-7-11-17/h1,4,6-7,10-11,15H,5,8-9,12-14H2,2H3/b18-15+. The number of ether oxygens (including phenoxy) is 1. The molecule has 2 nitrogen and oxygen atoms in total. The number of benzene rings is 1. The normalized spacial score (nSPS) is 24.1. The maximum absolute atomic E-state index is 11.6. The maximum Gasteiger partial charge on any atom is 0.303 e. The lowest BCUT2D eigenvalue weighted by molar-refractivity contribution is -0.153. The molecule has 21 heavy (non-hydrogen) atoms. The summed E-state index contributed by atoms with van der Waals surface area (Å²) in [6.07, 6.45) is 13.2. The van der Waals surface area contributed by atoms with Crippen molar-refractivity contribution in [2.24, 2.45) is 0 Å². The van der Waals surface area contributed by atoms with Gasteiger partial charge in [0.15, 0.2) is 0 Å². The number of terminal acetylenes is 1. The second-order valence-corrected chi connectivity index (χ2v) is 5.61.